The van der Waals surface area contributed by atoms with Gasteiger partial charge in [0, 0.05) is 13.1 Å². The van der Waals surface area contributed by atoms with Crippen molar-refractivity contribution in [3.8, 4) is 0 Å². The number of morpholine rings is 1. The molecule has 1 N–H and O–H groups in total. The van der Waals surface area contributed by atoms with Gasteiger partial charge in [0.2, 0.25) is 15.9 Å². The fraction of sp³-hybridized carbons (Fsp3) is 0.500. The maximum atomic E-state index is 12.8. The van der Waals surface area contributed by atoms with Crippen molar-refractivity contribution in [2.45, 2.75) is 18.7 Å². The van der Waals surface area contributed by atoms with Gasteiger partial charge in [0.25, 0.3) is 0 Å². The molecule has 1 aliphatic rings. The quantitative estimate of drug-likeness (QED) is 0.853. The Labute approximate surface area is 129 Å². The van der Waals surface area contributed by atoms with Crippen molar-refractivity contribution < 1.29 is 22.3 Å². The summed E-state index contributed by atoms with van der Waals surface area (Å²) in [7, 11) is -3.68. The third kappa shape index (κ3) is 4.75. The molecule has 122 valence electrons. The number of sulfonamides is 1. The van der Waals surface area contributed by atoms with Gasteiger partial charge in [-0.1, -0.05) is 12.1 Å². The molecule has 2 rings (SSSR count). The van der Waals surface area contributed by atoms with Crippen LogP contribution < -0.4 is 4.72 Å². The predicted octanol–water partition coefficient (Wildman–Crippen LogP) is 0.492. The zero-order chi connectivity index (χ0) is 16.2. The van der Waals surface area contributed by atoms with Crippen LogP contribution in [0.5, 0.6) is 0 Å². The van der Waals surface area contributed by atoms with E-state index >= 15 is 0 Å². The van der Waals surface area contributed by atoms with Gasteiger partial charge in [0.1, 0.15) is 5.82 Å². The number of nitrogens with one attached hydrogen (secondary N) is 1. The standard InChI is InChI=1S/C14H19FN2O4S/c1-11(14(18)17-6-8-21-9-7-17)16-22(19,20)10-12-2-4-13(15)5-3-12/h2-5,11,16H,6-10H2,1H3/t11-/m0/s1. The molecule has 1 amide bonds. The van der Waals surface area contributed by atoms with Crippen molar-refractivity contribution in [3.63, 3.8) is 0 Å². The SMILES string of the molecule is C[C@H](NS(=O)(=O)Cc1ccc(F)cc1)C(=O)N1CCOCC1. The first kappa shape index (κ1) is 16.9. The summed E-state index contributed by atoms with van der Waals surface area (Å²) in [5, 5.41) is 0. The minimum Gasteiger partial charge on any atom is -0.378 e. The Kier molecular flexibility index (Phi) is 5.49. The van der Waals surface area contributed by atoms with Gasteiger partial charge in [-0.05, 0) is 24.6 Å². The Balaban J connectivity index is 1.95. The molecule has 1 fully saturated rings. The molecular weight excluding hydrogens is 311 g/mol. The summed E-state index contributed by atoms with van der Waals surface area (Å²) in [5.41, 5.74) is 0.458. The number of amides is 1. The maximum absolute atomic E-state index is 12.8. The van der Waals surface area contributed by atoms with Crippen LogP contribution in [0.25, 0.3) is 0 Å². The number of rotatable bonds is 5. The topological polar surface area (TPSA) is 75.7 Å². The highest BCUT2D eigenvalue weighted by molar-refractivity contribution is 7.88. The van der Waals surface area contributed by atoms with Gasteiger partial charge in [-0.25, -0.2) is 17.5 Å². The van der Waals surface area contributed by atoms with E-state index in [4.69, 9.17) is 4.74 Å². The van der Waals surface area contributed by atoms with Crippen LogP contribution in [-0.4, -0.2) is 51.6 Å². The summed E-state index contributed by atoms with van der Waals surface area (Å²) in [6, 6.07) is 4.37. The average Bonchev–Trinajstić information content (AvgIpc) is 2.49. The lowest BCUT2D eigenvalue weighted by molar-refractivity contribution is -0.136. The molecule has 1 aromatic rings. The number of halogens is 1. The number of hydrogen-bond acceptors (Lipinski definition) is 4. The zero-order valence-electron chi connectivity index (χ0n) is 12.3. The fourth-order valence-corrected chi connectivity index (χ4v) is 3.57. The number of carbonyl (C=O) groups is 1. The Bertz CT molecular complexity index is 612. The lowest BCUT2D eigenvalue weighted by Gasteiger charge is -2.29. The molecule has 0 spiro atoms. The van der Waals surface area contributed by atoms with Gasteiger partial charge in [-0.15, -0.1) is 0 Å². The monoisotopic (exact) mass is 330 g/mol. The van der Waals surface area contributed by atoms with Crippen LogP contribution in [0.15, 0.2) is 24.3 Å². The lowest BCUT2D eigenvalue weighted by atomic mass is 10.2. The molecular formula is C14H19FN2O4S. The van der Waals surface area contributed by atoms with Crippen molar-refractivity contribution in [1.29, 1.82) is 0 Å². The number of ether oxygens (including phenoxy) is 1. The molecule has 0 unspecified atom stereocenters. The number of benzene rings is 1. The van der Waals surface area contributed by atoms with Gasteiger partial charge in [-0.3, -0.25) is 4.79 Å². The maximum Gasteiger partial charge on any atom is 0.240 e. The summed E-state index contributed by atoms with van der Waals surface area (Å²) < 4.78 is 44.5. The molecule has 8 heteroatoms. The van der Waals surface area contributed by atoms with E-state index in [1.165, 1.54) is 31.2 Å². The van der Waals surface area contributed by atoms with Crippen molar-refractivity contribution in [2.75, 3.05) is 26.3 Å². The molecule has 6 nitrogen and oxygen atoms in total. The highest BCUT2D eigenvalue weighted by atomic mass is 32.2. The second-order valence-corrected chi connectivity index (χ2v) is 6.92. The molecule has 1 aromatic carbocycles. The summed E-state index contributed by atoms with van der Waals surface area (Å²) in [6.45, 7) is 3.35. The van der Waals surface area contributed by atoms with Crippen LogP contribution in [0.4, 0.5) is 4.39 Å². The second kappa shape index (κ2) is 7.17. The highest BCUT2D eigenvalue weighted by Gasteiger charge is 2.26. The van der Waals surface area contributed by atoms with Crippen LogP contribution in [0, 0.1) is 5.82 Å². The third-order valence-electron chi connectivity index (χ3n) is 3.32. The molecule has 0 bridgehead atoms. The van der Waals surface area contributed by atoms with E-state index in [0.717, 1.165) is 0 Å². The van der Waals surface area contributed by atoms with Crippen molar-refractivity contribution in [1.82, 2.24) is 9.62 Å². The molecule has 1 aliphatic heterocycles. The predicted molar refractivity (Wildman–Crippen MR) is 79.0 cm³/mol. The van der Waals surface area contributed by atoms with Crippen LogP contribution in [0.1, 0.15) is 12.5 Å². The molecule has 1 saturated heterocycles. The van der Waals surface area contributed by atoms with Crippen molar-refractivity contribution in [3.05, 3.63) is 35.6 Å². The number of hydrogen-bond donors (Lipinski definition) is 1. The molecule has 22 heavy (non-hydrogen) atoms. The Morgan fingerprint density at radius 1 is 1.32 bits per heavy atom. The van der Waals surface area contributed by atoms with Crippen LogP contribution in [0.3, 0.4) is 0 Å². The largest absolute Gasteiger partial charge is 0.378 e. The minimum atomic E-state index is -3.68. The van der Waals surface area contributed by atoms with E-state index < -0.39 is 21.9 Å². The fourth-order valence-electron chi connectivity index (χ4n) is 2.22. The zero-order valence-corrected chi connectivity index (χ0v) is 13.1. The van der Waals surface area contributed by atoms with E-state index in [0.29, 0.717) is 31.9 Å². The second-order valence-electron chi connectivity index (χ2n) is 5.16. The smallest absolute Gasteiger partial charge is 0.240 e. The molecule has 0 aromatic heterocycles. The van der Waals surface area contributed by atoms with Gasteiger partial charge >= 0.3 is 0 Å². The molecule has 1 heterocycles. The lowest BCUT2D eigenvalue weighted by Crippen LogP contribution is -2.50. The first-order valence-corrected chi connectivity index (χ1v) is 8.63. The van der Waals surface area contributed by atoms with Gasteiger partial charge in [0.05, 0.1) is 25.0 Å². The normalized spacial score (nSPS) is 17.3. The summed E-state index contributed by atoms with van der Waals surface area (Å²) in [5.74, 6) is -0.996. The van der Waals surface area contributed by atoms with Crippen LogP contribution in [0.2, 0.25) is 0 Å². The number of carbonyl (C=O) groups excluding carboxylic acids is 1. The summed E-state index contributed by atoms with van der Waals surface area (Å²) in [4.78, 5) is 13.7. The first-order valence-electron chi connectivity index (χ1n) is 6.98. The van der Waals surface area contributed by atoms with Gasteiger partial charge in [-0.2, -0.15) is 0 Å². The molecule has 0 aliphatic carbocycles. The van der Waals surface area contributed by atoms with E-state index in [9.17, 15) is 17.6 Å². The van der Waals surface area contributed by atoms with E-state index in [1.807, 2.05) is 0 Å². The summed E-state index contributed by atoms with van der Waals surface area (Å²) >= 11 is 0. The average molecular weight is 330 g/mol. The molecule has 0 radical (unpaired) electrons. The molecule has 1 atom stereocenters. The van der Waals surface area contributed by atoms with E-state index in [1.54, 1.807) is 4.90 Å². The van der Waals surface area contributed by atoms with Gasteiger partial charge in [0.15, 0.2) is 0 Å². The van der Waals surface area contributed by atoms with E-state index in [-0.39, 0.29) is 11.7 Å². The van der Waals surface area contributed by atoms with Crippen LogP contribution >= 0.6 is 0 Å². The minimum absolute atomic E-state index is 0.272. The Morgan fingerprint density at radius 2 is 1.91 bits per heavy atom. The van der Waals surface area contributed by atoms with Gasteiger partial charge < -0.3 is 9.64 Å². The Hall–Kier alpha value is -1.51. The van der Waals surface area contributed by atoms with Crippen LogP contribution in [-0.2, 0) is 25.3 Å². The van der Waals surface area contributed by atoms with Crippen molar-refractivity contribution in [2.24, 2.45) is 0 Å². The number of nitrogens with zero attached hydrogens (tertiary/aromatic N) is 1. The summed E-state index contributed by atoms with van der Waals surface area (Å²) in [6.07, 6.45) is 0. The first-order chi connectivity index (χ1) is 10.4. The third-order valence-corrected chi connectivity index (χ3v) is 4.75. The van der Waals surface area contributed by atoms with E-state index in [2.05, 4.69) is 4.72 Å². The highest BCUT2D eigenvalue weighted by Crippen LogP contribution is 2.08. The molecule has 0 saturated carbocycles. The Morgan fingerprint density at radius 3 is 2.50 bits per heavy atom. The van der Waals surface area contributed by atoms with Crippen molar-refractivity contribution >= 4 is 15.9 Å².